The standard InChI is InChI=1S/C13H20N2O/c1-15-7-3-6-13(16,10-15)12-5-2-4-11(8-12)9-14/h2,4-5,8,16H,3,6-7,9-10,14H2,1H3. The molecule has 1 unspecified atom stereocenters. The van der Waals surface area contributed by atoms with E-state index >= 15 is 0 Å². The molecule has 1 saturated heterocycles. The molecule has 3 N–H and O–H groups in total. The minimum atomic E-state index is -0.696. The van der Waals surface area contributed by atoms with E-state index in [4.69, 9.17) is 5.73 Å². The van der Waals surface area contributed by atoms with E-state index in [1.54, 1.807) is 0 Å². The smallest absolute Gasteiger partial charge is 0.102 e. The lowest BCUT2D eigenvalue weighted by Gasteiger charge is -2.38. The van der Waals surface area contributed by atoms with Crippen molar-refractivity contribution in [2.45, 2.75) is 25.0 Å². The van der Waals surface area contributed by atoms with Crippen LogP contribution < -0.4 is 5.73 Å². The van der Waals surface area contributed by atoms with Crippen LogP contribution in [0.4, 0.5) is 0 Å². The van der Waals surface area contributed by atoms with Crippen molar-refractivity contribution < 1.29 is 5.11 Å². The third-order valence-electron chi connectivity index (χ3n) is 3.36. The van der Waals surface area contributed by atoms with Gasteiger partial charge in [0.2, 0.25) is 0 Å². The Bertz CT molecular complexity index is 367. The van der Waals surface area contributed by atoms with Crippen LogP contribution in [0, 0.1) is 0 Å². The number of nitrogens with zero attached hydrogens (tertiary/aromatic N) is 1. The van der Waals surface area contributed by atoms with E-state index in [-0.39, 0.29) is 0 Å². The molecule has 0 spiro atoms. The number of hydrogen-bond donors (Lipinski definition) is 2. The summed E-state index contributed by atoms with van der Waals surface area (Å²) in [6.45, 7) is 2.31. The van der Waals surface area contributed by atoms with Crippen molar-refractivity contribution in [3.05, 3.63) is 35.4 Å². The van der Waals surface area contributed by atoms with Gasteiger partial charge in [0.15, 0.2) is 0 Å². The Hall–Kier alpha value is -0.900. The number of piperidine rings is 1. The third kappa shape index (κ3) is 2.26. The molecule has 1 heterocycles. The van der Waals surface area contributed by atoms with Crippen LogP contribution in [0.5, 0.6) is 0 Å². The number of β-amino-alcohol motifs (C(OH)–C–C–N with tert-alkyl or cyclic N) is 1. The van der Waals surface area contributed by atoms with Gasteiger partial charge in [-0.25, -0.2) is 0 Å². The average Bonchev–Trinajstić information content (AvgIpc) is 2.29. The Balaban J connectivity index is 2.27. The van der Waals surface area contributed by atoms with Gasteiger partial charge in [-0.05, 0) is 37.6 Å². The zero-order chi connectivity index (χ0) is 11.6. The first-order valence-electron chi connectivity index (χ1n) is 5.84. The van der Waals surface area contributed by atoms with E-state index in [1.165, 1.54) is 0 Å². The lowest BCUT2D eigenvalue weighted by atomic mass is 9.85. The minimum Gasteiger partial charge on any atom is -0.384 e. The summed E-state index contributed by atoms with van der Waals surface area (Å²) >= 11 is 0. The van der Waals surface area contributed by atoms with E-state index in [0.717, 1.165) is 30.5 Å². The molecule has 1 aromatic carbocycles. The zero-order valence-electron chi connectivity index (χ0n) is 9.82. The van der Waals surface area contributed by atoms with Gasteiger partial charge >= 0.3 is 0 Å². The van der Waals surface area contributed by atoms with Crippen molar-refractivity contribution in [1.29, 1.82) is 0 Å². The summed E-state index contributed by atoms with van der Waals surface area (Å²) < 4.78 is 0. The van der Waals surface area contributed by atoms with Crippen LogP contribution in [-0.4, -0.2) is 30.1 Å². The monoisotopic (exact) mass is 220 g/mol. The van der Waals surface area contributed by atoms with Gasteiger partial charge in [-0.15, -0.1) is 0 Å². The summed E-state index contributed by atoms with van der Waals surface area (Å²) in [6, 6.07) is 8.00. The van der Waals surface area contributed by atoms with E-state index < -0.39 is 5.60 Å². The first-order valence-corrected chi connectivity index (χ1v) is 5.84. The topological polar surface area (TPSA) is 49.5 Å². The molecule has 0 radical (unpaired) electrons. The fraction of sp³-hybridized carbons (Fsp3) is 0.538. The predicted octanol–water partition coefficient (Wildman–Crippen LogP) is 1.06. The summed E-state index contributed by atoms with van der Waals surface area (Å²) in [5.74, 6) is 0. The van der Waals surface area contributed by atoms with Crippen molar-refractivity contribution in [3.63, 3.8) is 0 Å². The number of likely N-dealkylation sites (N-methyl/N-ethyl adjacent to an activating group) is 1. The van der Waals surface area contributed by atoms with Gasteiger partial charge in [-0.3, -0.25) is 0 Å². The Morgan fingerprint density at radius 3 is 3.00 bits per heavy atom. The molecule has 0 aliphatic carbocycles. The molecule has 2 rings (SSSR count). The molecule has 1 atom stereocenters. The molecule has 1 fully saturated rings. The number of hydrogen-bond acceptors (Lipinski definition) is 3. The molecule has 1 aliphatic heterocycles. The summed E-state index contributed by atoms with van der Waals surface area (Å²) in [4.78, 5) is 2.18. The van der Waals surface area contributed by atoms with E-state index in [9.17, 15) is 5.11 Å². The first kappa shape index (κ1) is 11.6. The quantitative estimate of drug-likeness (QED) is 0.783. The molecule has 3 heteroatoms. The Labute approximate surface area is 96.9 Å². The highest BCUT2D eigenvalue weighted by atomic mass is 16.3. The van der Waals surface area contributed by atoms with Crippen molar-refractivity contribution >= 4 is 0 Å². The summed E-state index contributed by atoms with van der Waals surface area (Å²) in [6.07, 6.45) is 1.88. The molecule has 0 aromatic heterocycles. The minimum absolute atomic E-state index is 0.528. The van der Waals surface area contributed by atoms with Gasteiger partial charge in [0, 0.05) is 13.1 Å². The van der Waals surface area contributed by atoms with Gasteiger partial charge in [0.1, 0.15) is 5.60 Å². The molecule has 0 bridgehead atoms. The summed E-state index contributed by atoms with van der Waals surface area (Å²) in [5, 5.41) is 10.7. The zero-order valence-corrected chi connectivity index (χ0v) is 9.82. The van der Waals surface area contributed by atoms with Crippen LogP contribution in [0.3, 0.4) is 0 Å². The van der Waals surface area contributed by atoms with E-state index in [1.807, 2.05) is 24.3 Å². The number of benzene rings is 1. The lowest BCUT2D eigenvalue weighted by molar-refractivity contribution is -0.0278. The molecule has 3 nitrogen and oxygen atoms in total. The second kappa shape index (κ2) is 4.53. The van der Waals surface area contributed by atoms with Crippen molar-refractivity contribution in [3.8, 4) is 0 Å². The molecule has 0 saturated carbocycles. The highest BCUT2D eigenvalue weighted by molar-refractivity contribution is 5.29. The SMILES string of the molecule is CN1CCCC(O)(c2cccc(CN)c2)C1. The average molecular weight is 220 g/mol. The molecular weight excluding hydrogens is 200 g/mol. The summed E-state index contributed by atoms with van der Waals surface area (Å²) in [5.41, 5.74) is 7.01. The van der Waals surface area contributed by atoms with Crippen LogP contribution in [-0.2, 0) is 12.1 Å². The van der Waals surface area contributed by atoms with Crippen LogP contribution in [0.25, 0.3) is 0 Å². The van der Waals surface area contributed by atoms with Crippen LogP contribution >= 0.6 is 0 Å². The summed E-state index contributed by atoms with van der Waals surface area (Å²) in [7, 11) is 2.05. The number of nitrogens with two attached hydrogens (primary N) is 1. The molecular formula is C13H20N2O. The van der Waals surface area contributed by atoms with E-state index in [2.05, 4.69) is 11.9 Å². The van der Waals surface area contributed by atoms with Crippen LogP contribution in [0.2, 0.25) is 0 Å². The third-order valence-corrected chi connectivity index (χ3v) is 3.36. The molecule has 16 heavy (non-hydrogen) atoms. The normalized spacial score (nSPS) is 26.9. The van der Waals surface area contributed by atoms with Gasteiger partial charge < -0.3 is 15.7 Å². The maximum Gasteiger partial charge on any atom is 0.102 e. The Kier molecular flexibility index (Phi) is 3.28. The maximum absolute atomic E-state index is 10.7. The van der Waals surface area contributed by atoms with Gasteiger partial charge in [-0.2, -0.15) is 0 Å². The fourth-order valence-electron chi connectivity index (χ4n) is 2.47. The van der Waals surface area contributed by atoms with Gasteiger partial charge in [0.05, 0.1) is 0 Å². The molecule has 1 aromatic rings. The maximum atomic E-state index is 10.7. The Morgan fingerprint density at radius 2 is 2.31 bits per heavy atom. The first-order chi connectivity index (χ1) is 7.64. The number of likely N-dealkylation sites (tertiary alicyclic amines) is 1. The van der Waals surface area contributed by atoms with Crippen molar-refractivity contribution in [1.82, 2.24) is 4.90 Å². The van der Waals surface area contributed by atoms with Crippen molar-refractivity contribution in [2.24, 2.45) is 5.73 Å². The fourth-order valence-corrected chi connectivity index (χ4v) is 2.47. The molecule has 0 amide bonds. The Morgan fingerprint density at radius 1 is 1.50 bits per heavy atom. The second-order valence-corrected chi connectivity index (χ2v) is 4.78. The largest absolute Gasteiger partial charge is 0.384 e. The number of aliphatic hydroxyl groups is 1. The van der Waals surface area contributed by atoms with Crippen LogP contribution in [0.1, 0.15) is 24.0 Å². The van der Waals surface area contributed by atoms with E-state index in [0.29, 0.717) is 13.1 Å². The number of rotatable bonds is 2. The van der Waals surface area contributed by atoms with Crippen LogP contribution in [0.15, 0.2) is 24.3 Å². The lowest BCUT2D eigenvalue weighted by Crippen LogP contribution is -2.44. The molecule has 1 aliphatic rings. The molecule has 88 valence electrons. The second-order valence-electron chi connectivity index (χ2n) is 4.78. The van der Waals surface area contributed by atoms with Gasteiger partial charge in [-0.1, -0.05) is 24.3 Å². The highest BCUT2D eigenvalue weighted by Gasteiger charge is 2.33. The van der Waals surface area contributed by atoms with Gasteiger partial charge in [0.25, 0.3) is 0 Å². The highest BCUT2D eigenvalue weighted by Crippen LogP contribution is 2.31. The van der Waals surface area contributed by atoms with Crippen molar-refractivity contribution in [2.75, 3.05) is 20.1 Å². The predicted molar refractivity (Wildman–Crippen MR) is 65.0 cm³/mol.